The third-order valence-electron chi connectivity index (χ3n) is 1.91. The summed E-state index contributed by atoms with van der Waals surface area (Å²) in [4.78, 5) is 21.4. The molecule has 0 aromatic rings. The van der Waals surface area contributed by atoms with E-state index in [1.807, 2.05) is 20.8 Å². The first-order valence-corrected chi connectivity index (χ1v) is 6.21. The molecule has 0 aliphatic rings. The Balaban J connectivity index is -0.000000237. The highest BCUT2D eigenvalue weighted by Gasteiger charge is 2.10. The molecule has 0 spiro atoms. The summed E-state index contributed by atoms with van der Waals surface area (Å²) in [5, 5.41) is 0. The average molecular weight is 231 g/mol. The Morgan fingerprint density at radius 1 is 1.19 bits per heavy atom. The molecule has 0 saturated carbocycles. The predicted molar refractivity (Wildman–Crippen MR) is 70.5 cm³/mol. The fourth-order valence-corrected chi connectivity index (χ4v) is 0.630. The van der Waals surface area contributed by atoms with Crippen LogP contribution in [-0.2, 0) is 9.59 Å². The van der Waals surface area contributed by atoms with Gasteiger partial charge in [0.05, 0.1) is 0 Å². The van der Waals surface area contributed by atoms with Crippen LogP contribution >= 0.6 is 0 Å². The van der Waals surface area contributed by atoms with Crippen molar-refractivity contribution < 1.29 is 9.59 Å². The van der Waals surface area contributed by atoms with Crippen LogP contribution in [0.5, 0.6) is 0 Å². The Labute approximate surface area is 101 Å². The van der Waals surface area contributed by atoms with Crippen molar-refractivity contribution in [3.8, 4) is 0 Å². The van der Waals surface area contributed by atoms with Gasteiger partial charge in [-0.05, 0) is 19.9 Å². The summed E-state index contributed by atoms with van der Waals surface area (Å²) >= 11 is 0. The van der Waals surface area contributed by atoms with E-state index in [9.17, 15) is 9.59 Å². The van der Waals surface area contributed by atoms with E-state index in [1.165, 1.54) is 6.92 Å². The Bertz CT molecular complexity index is 165. The van der Waals surface area contributed by atoms with Crippen LogP contribution in [0.2, 0.25) is 0 Å². The van der Waals surface area contributed by atoms with E-state index in [0.717, 1.165) is 13.0 Å². The Morgan fingerprint density at radius 2 is 1.56 bits per heavy atom. The zero-order valence-electron chi connectivity index (χ0n) is 11.8. The van der Waals surface area contributed by atoms with Crippen LogP contribution in [0.3, 0.4) is 0 Å². The number of ketones is 2. The van der Waals surface area contributed by atoms with Gasteiger partial charge in [0.2, 0.25) is 0 Å². The molecule has 3 nitrogen and oxygen atoms in total. The highest BCUT2D eigenvalue weighted by atomic mass is 16.1. The maximum Gasteiger partial charge on any atom is 0.133 e. The number of carbonyl (C=O) groups excluding carboxylic acids is 2. The van der Waals surface area contributed by atoms with Crippen molar-refractivity contribution in [1.29, 1.82) is 0 Å². The van der Waals surface area contributed by atoms with Crippen molar-refractivity contribution in [2.24, 2.45) is 11.7 Å². The van der Waals surface area contributed by atoms with Gasteiger partial charge >= 0.3 is 0 Å². The molecule has 0 radical (unpaired) electrons. The molecule has 0 fully saturated rings. The quantitative estimate of drug-likeness (QED) is 0.791. The van der Waals surface area contributed by atoms with Crippen LogP contribution in [0.4, 0.5) is 0 Å². The second-order valence-corrected chi connectivity index (χ2v) is 3.40. The van der Waals surface area contributed by atoms with Crippen molar-refractivity contribution in [1.82, 2.24) is 0 Å². The van der Waals surface area contributed by atoms with Crippen molar-refractivity contribution in [3.05, 3.63) is 0 Å². The SMILES string of the molecule is CC.CCC(=O)CC(C)C(C)=O.CCCN. The topological polar surface area (TPSA) is 60.2 Å². The van der Waals surface area contributed by atoms with E-state index >= 15 is 0 Å². The molecule has 0 rings (SSSR count). The van der Waals surface area contributed by atoms with E-state index in [2.05, 4.69) is 6.92 Å². The number of Topliss-reactive ketones (excluding diaryl/α,β-unsaturated/α-hetero) is 2. The van der Waals surface area contributed by atoms with Gasteiger partial charge in [0.25, 0.3) is 0 Å². The van der Waals surface area contributed by atoms with E-state index in [0.29, 0.717) is 12.8 Å². The van der Waals surface area contributed by atoms with Gasteiger partial charge in [0.15, 0.2) is 0 Å². The van der Waals surface area contributed by atoms with Crippen LogP contribution in [0.15, 0.2) is 0 Å². The van der Waals surface area contributed by atoms with E-state index in [1.54, 1.807) is 6.92 Å². The smallest absolute Gasteiger partial charge is 0.133 e. The summed E-state index contributed by atoms with van der Waals surface area (Å²) in [6, 6.07) is 0. The third kappa shape index (κ3) is 19.0. The maximum absolute atomic E-state index is 10.8. The van der Waals surface area contributed by atoms with Crippen molar-refractivity contribution >= 4 is 11.6 Å². The molecule has 0 heterocycles. The molecule has 0 aliphatic carbocycles. The second-order valence-electron chi connectivity index (χ2n) is 3.40. The first-order valence-electron chi connectivity index (χ1n) is 6.21. The van der Waals surface area contributed by atoms with Crippen molar-refractivity contribution in [3.63, 3.8) is 0 Å². The second kappa shape index (κ2) is 16.7. The molecule has 0 bridgehead atoms. The fraction of sp³-hybridized carbons (Fsp3) is 0.846. The minimum absolute atomic E-state index is 0.0903. The minimum atomic E-state index is -0.0903. The molecule has 0 aromatic carbocycles. The monoisotopic (exact) mass is 231 g/mol. The van der Waals surface area contributed by atoms with E-state index in [-0.39, 0.29) is 17.5 Å². The number of nitrogens with two attached hydrogens (primary N) is 1. The lowest BCUT2D eigenvalue weighted by Gasteiger charge is -2.03. The third-order valence-corrected chi connectivity index (χ3v) is 1.91. The first-order chi connectivity index (χ1) is 7.49. The zero-order valence-corrected chi connectivity index (χ0v) is 11.8. The van der Waals surface area contributed by atoms with Gasteiger partial charge in [0.1, 0.15) is 11.6 Å². The van der Waals surface area contributed by atoms with Crippen molar-refractivity contribution in [2.45, 2.75) is 60.8 Å². The number of carbonyl (C=O) groups is 2. The largest absolute Gasteiger partial charge is 0.330 e. The van der Waals surface area contributed by atoms with Crippen molar-refractivity contribution in [2.75, 3.05) is 6.54 Å². The highest BCUT2D eigenvalue weighted by molar-refractivity contribution is 5.86. The summed E-state index contributed by atoms with van der Waals surface area (Å²) in [6.07, 6.45) is 2.05. The maximum atomic E-state index is 10.8. The van der Waals surface area contributed by atoms with Crippen LogP contribution in [0.1, 0.15) is 60.8 Å². The van der Waals surface area contributed by atoms with Gasteiger partial charge in [-0.25, -0.2) is 0 Å². The molecule has 0 amide bonds. The Kier molecular flexibility index (Phi) is 21.6. The molecule has 0 aliphatic heterocycles. The summed E-state index contributed by atoms with van der Waals surface area (Å²) in [7, 11) is 0. The van der Waals surface area contributed by atoms with Crippen LogP contribution in [-0.4, -0.2) is 18.1 Å². The van der Waals surface area contributed by atoms with Crippen LogP contribution < -0.4 is 5.73 Å². The molecule has 1 unspecified atom stereocenters. The minimum Gasteiger partial charge on any atom is -0.330 e. The van der Waals surface area contributed by atoms with Gasteiger partial charge < -0.3 is 5.73 Å². The highest BCUT2D eigenvalue weighted by Crippen LogP contribution is 2.04. The average Bonchev–Trinajstić information content (AvgIpc) is 2.31. The van der Waals surface area contributed by atoms with E-state index in [4.69, 9.17) is 5.73 Å². The van der Waals surface area contributed by atoms with E-state index < -0.39 is 0 Å². The molecule has 0 saturated heterocycles. The summed E-state index contributed by atoms with van der Waals surface area (Å²) < 4.78 is 0. The van der Waals surface area contributed by atoms with Gasteiger partial charge in [0, 0.05) is 18.8 Å². The lowest BCUT2D eigenvalue weighted by atomic mass is 10.00. The molecule has 3 heteroatoms. The summed E-state index contributed by atoms with van der Waals surface area (Å²) in [5.74, 6) is 0.178. The lowest BCUT2D eigenvalue weighted by molar-refractivity contribution is -0.126. The number of rotatable bonds is 5. The molecule has 16 heavy (non-hydrogen) atoms. The zero-order chi connectivity index (χ0) is 13.6. The molecular formula is C13H29NO2. The fourth-order valence-electron chi connectivity index (χ4n) is 0.630. The lowest BCUT2D eigenvalue weighted by Crippen LogP contribution is -2.11. The van der Waals surface area contributed by atoms with Crippen LogP contribution in [0, 0.1) is 5.92 Å². The molecule has 1 atom stereocenters. The van der Waals surface area contributed by atoms with Gasteiger partial charge in [-0.1, -0.05) is 34.6 Å². The van der Waals surface area contributed by atoms with Gasteiger partial charge in [-0.3, -0.25) is 9.59 Å². The van der Waals surface area contributed by atoms with Gasteiger partial charge in [-0.2, -0.15) is 0 Å². The van der Waals surface area contributed by atoms with Crippen LogP contribution in [0.25, 0.3) is 0 Å². The first kappa shape index (κ1) is 20.7. The molecular weight excluding hydrogens is 202 g/mol. The Morgan fingerprint density at radius 3 is 1.75 bits per heavy atom. The number of hydrogen-bond donors (Lipinski definition) is 1. The molecule has 0 aromatic heterocycles. The Hall–Kier alpha value is -0.700. The number of hydrogen-bond acceptors (Lipinski definition) is 3. The molecule has 98 valence electrons. The normalized spacial score (nSPS) is 10.2. The molecule has 2 N–H and O–H groups in total. The summed E-state index contributed by atoms with van der Waals surface area (Å²) in [6.45, 7) is 12.0. The van der Waals surface area contributed by atoms with Gasteiger partial charge in [-0.15, -0.1) is 0 Å². The summed E-state index contributed by atoms with van der Waals surface area (Å²) in [5.41, 5.74) is 5.03. The standard InChI is InChI=1S/C8H14O2.C3H9N.C2H6/c1-4-8(10)5-6(2)7(3)9;1-2-3-4;1-2/h6H,4-5H2,1-3H3;2-4H2,1H3;1-2H3. The predicted octanol–water partition coefficient (Wildman–Crippen LogP) is 2.96.